The lowest BCUT2D eigenvalue weighted by Gasteiger charge is -2.32. The summed E-state index contributed by atoms with van der Waals surface area (Å²) in [6, 6.07) is 1.91. The van der Waals surface area contributed by atoms with Crippen molar-refractivity contribution in [2.45, 2.75) is 12.2 Å². The van der Waals surface area contributed by atoms with Crippen molar-refractivity contribution in [1.82, 2.24) is 4.98 Å². The minimum absolute atomic E-state index is 0.656. The lowest BCUT2D eigenvalue weighted by molar-refractivity contribution is 0.771. The van der Waals surface area contributed by atoms with Crippen molar-refractivity contribution in [3.8, 4) is 0 Å². The molecule has 0 aromatic carbocycles. The van der Waals surface area contributed by atoms with E-state index in [0.717, 1.165) is 34.8 Å². The van der Waals surface area contributed by atoms with Crippen LogP contribution in [0.15, 0.2) is 16.7 Å². The van der Waals surface area contributed by atoms with Gasteiger partial charge in [-0.25, -0.2) is 4.98 Å². The van der Waals surface area contributed by atoms with Crippen LogP contribution in [-0.2, 0) is 0 Å². The zero-order valence-corrected chi connectivity index (χ0v) is 11.0. The van der Waals surface area contributed by atoms with Crippen molar-refractivity contribution in [2.24, 2.45) is 0 Å². The number of rotatable bonds is 1. The predicted molar refractivity (Wildman–Crippen MR) is 70.5 cm³/mol. The molecule has 5 heteroatoms. The summed E-state index contributed by atoms with van der Waals surface area (Å²) in [5.74, 6) is 2.07. The highest BCUT2D eigenvalue weighted by molar-refractivity contribution is 9.10. The Labute approximate surface area is 103 Å². The molecule has 1 saturated heterocycles. The third-order valence-corrected chi connectivity index (χ3v) is 3.97. The second kappa shape index (κ2) is 4.61. The van der Waals surface area contributed by atoms with Gasteiger partial charge in [-0.1, -0.05) is 6.92 Å². The third kappa shape index (κ3) is 2.58. The average molecular weight is 288 g/mol. The lowest BCUT2D eigenvalue weighted by atomic mass is 10.3. The van der Waals surface area contributed by atoms with Gasteiger partial charge in [-0.3, -0.25) is 0 Å². The van der Waals surface area contributed by atoms with Crippen LogP contribution in [0.4, 0.5) is 11.5 Å². The van der Waals surface area contributed by atoms with Crippen molar-refractivity contribution in [1.29, 1.82) is 0 Å². The lowest BCUT2D eigenvalue weighted by Crippen LogP contribution is -2.37. The second-order valence-corrected chi connectivity index (χ2v) is 6.16. The highest BCUT2D eigenvalue weighted by Gasteiger charge is 2.19. The largest absolute Gasteiger partial charge is 0.396 e. The molecule has 1 fully saturated rings. The van der Waals surface area contributed by atoms with E-state index in [1.807, 2.05) is 17.8 Å². The Morgan fingerprint density at radius 3 is 3.13 bits per heavy atom. The molecule has 82 valence electrons. The number of hydrogen-bond acceptors (Lipinski definition) is 4. The van der Waals surface area contributed by atoms with Gasteiger partial charge in [0, 0.05) is 34.8 Å². The molecule has 2 heterocycles. The number of nitrogens with two attached hydrogens (primary N) is 1. The van der Waals surface area contributed by atoms with Crippen LogP contribution in [0.25, 0.3) is 0 Å². The molecular weight excluding hydrogens is 274 g/mol. The van der Waals surface area contributed by atoms with Crippen LogP contribution in [0.3, 0.4) is 0 Å². The smallest absolute Gasteiger partial charge is 0.151 e. The number of pyridine rings is 1. The maximum atomic E-state index is 5.96. The molecule has 2 rings (SSSR count). The minimum atomic E-state index is 0.656. The molecule has 1 aliphatic heterocycles. The molecular formula is C10H14BrN3S. The van der Waals surface area contributed by atoms with Gasteiger partial charge in [-0.15, -0.1) is 0 Å². The number of nitrogen functional groups attached to an aromatic ring is 1. The normalized spacial score (nSPS) is 21.7. The number of nitrogens with zero attached hydrogens (tertiary/aromatic N) is 2. The van der Waals surface area contributed by atoms with Crippen LogP contribution in [0, 0.1) is 0 Å². The Morgan fingerprint density at radius 1 is 1.67 bits per heavy atom. The van der Waals surface area contributed by atoms with Crippen LogP contribution >= 0.6 is 27.7 Å². The Morgan fingerprint density at radius 2 is 2.47 bits per heavy atom. The van der Waals surface area contributed by atoms with E-state index in [1.54, 1.807) is 6.20 Å². The number of thioether (sulfide) groups is 1. The van der Waals surface area contributed by atoms with E-state index in [-0.39, 0.29) is 0 Å². The van der Waals surface area contributed by atoms with Crippen molar-refractivity contribution in [3.63, 3.8) is 0 Å². The van der Waals surface area contributed by atoms with Crippen LogP contribution in [0.2, 0.25) is 0 Å². The van der Waals surface area contributed by atoms with Crippen molar-refractivity contribution in [3.05, 3.63) is 16.7 Å². The maximum Gasteiger partial charge on any atom is 0.151 e. The summed E-state index contributed by atoms with van der Waals surface area (Å²) < 4.78 is 0.934. The van der Waals surface area contributed by atoms with Gasteiger partial charge >= 0.3 is 0 Å². The molecule has 1 aromatic heterocycles. The van der Waals surface area contributed by atoms with E-state index < -0.39 is 0 Å². The molecule has 15 heavy (non-hydrogen) atoms. The quantitative estimate of drug-likeness (QED) is 0.861. The molecule has 1 unspecified atom stereocenters. The highest BCUT2D eigenvalue weighted by atomic mass is 79.9. The van der Waals surface area contributed by atoms with Crippen molar-refractivity contribution >= 4 is 39.2 Å². The Bertz CT molecular complexity index is 359. The summed E-state index contributed by atoms with van der Waals surface area (Å²) in [6.07, 6.45) is 1.80. The van der Waals surface area contributed by atoms with Crippen LogP contribution < -0.4 is 10.6 Å². The Kier molecular flexibility index (Phi) is 3.41. The van der Waals surface area contributed by atoms with Gasteiger partial charge in [0.2, 0.25) is 0 Å². The summed E-state index contributed by atoms with van der Waals surface area (Å²) in [5, 5.41) is 0.656. The van der Waals surface area contributed by atoms with E-state index in [2.05, 4.69) is 32.7 Å². The fourth-order valence-electron chi connectivity index (χ4n) is 1.72. The molecule has 0 aliphatic carbocycles. The Hall–Kier alpha value is -0.420. The predicted octanol–water partition coefficient (Wildman–Crippen LogP) is 2.37. The fourth-order valence-corrected chi connectivity index (χ4v) is 3.09. The van der Waals surface area contributed by atoms with Crippen LogP contribution in [0.5, 0.6) is 0 Å². The van der Waals surface area contributed by atoms with Crippen molar-refractivity contribution in [2.75, 3.05) is 29.5 Å². The number of hydrogen-bond donors (Lipinski definition) is 1. The molecule has 1 aromatic rings. The maximum absolute atomic E-state index is 5.96. The van der Waals surface area contributed by atoms with E-state index in [9.17, 15) is 0 Å². The summed E-state index contributed by atoms with van der Waals surface area (Å²) in [6.45, 7) is 4.31. The first-order valence-corrected chi connectivity index (χ1v) is 6.78. The monoisotopic (exact) mass is 287 g/mol. The van der Waals surface area contributed by atoms with Gasteiger partial charge in [-0.05, 0) is 22.0 Å². The van der Waals surface area contributed by atoms with E-state index >= 15 is 0 Å². The first kappa shape index (κ1) is 11.1. The second-order valence-electron chi connectivity index (χ2n) is 3.69. The Balaban J connectivity index is 2.21. The van der Waals surface area contributed by atoms with Gasteiger partial charge in [-0.2, -0.15) is 11.8 Å². The first-order valence-electron chi connectivity index (χ1n) is 4.94. The van der Waals surface area contributed by atoms with Gasteiger partial charge in [0.15, 0.2) is 5.82 Å². The minimum Gasteiger partial charge on any atom is -0.396 e. The fraction of sp³-hybridized carbons (Fsp3) is 0.500. The number of anilines is 2. The van der Waals surface area contributed by atoms with Crippen molar-refractivity contribution < 1.29 is 0 Å². The zero-order valence-electron chi connectivity index (χ0n) is 8.61. The molecule has 0 saturated carbocycles. The molecule has 0 bridgehead atoms. The standard InChI is InChI=1S/C10H14BrN3S/c1-7-6-14(2-3-15-7)10-9(12)4-8(11)5-13-10/h4-5,7H,2-3,6,12H2,1H3. The summed E-state index contributed by atoms with van der Waals surface area (Å²) in [5.41, 5.74) is 6.71. The van der Waals surface area contributed by atoms with Crippen LogP contribution in [-0.4, -0.2) is 29.1 Å². The van der Waals surface area contributed by atoms with Gasteiger partial charge in [0.05, 0.1) is 5.69 Å². The summed E-state index contributed by atoms with van der Waals surface area (Å²) >= 11 is 5.37. The summed E-state index contributed by atoms with van der Waals surface area (Å²) in [4.78, 5) is 6.65. The first-order chi connectivity index (χ1) is 7.16. The molecule has 0 spiro atoms. The SMILES string of the molecule is CC1CN(c2ncc(Br)cc2N)CCS1. The molecule has 0 radical (unpaired) electrons. The zero-order chi connectivity index (χ0) is 10.8. The van der Waals surface area contributed by atoms with Gasteiger partial charge < -0.3 is 10.6 Å². The highest BCUT2D eigenvalue weighted by Crippen LogP contribution is 2.27. The topological polar surface area (TPSA) is 42.2 Å². The molecule has 1 atom stereocenters. The van der Waals surface area contributed by atoms with E-state index in [1.165, 1.54) is 0 Å². The molecule has 3 nitrogen and oxygen atoms in total. The number of aromatic nitrogens is 1. The molecule has 0 amide bonds. The van der Waals surface area contributed by atoms with Crippen LogP contribution in [0.1, 0.15) is 6.92 Å². The van der Waals surface area contributed by atoms with E-state index in [0.29, 0.717) is 5.25 Å². The average Bonchev–Trinajstić information content (AvgIpc) is 2.17. The summed E-state index contributed by atoms with van der Waals surface area (Å²) in [7, 11) is 0. The molecule has 1 aliphatic rings. The van der Waals surface area contributed by atoms with E-state index in [4.69, 9.17) is 5.73 Å². The van der Waals surface area contributed by atoms with Gasteiger partial charge in [0.25, 0.3) is 0 Å². The number of halogens is 1. The molecule has 2 N–H and O–H groups in total. The third-order valence-electron chi connectivity index (χ3n) is 2.40. The van der Waals surface area contributed by atoms with Gasteiger partial charge in [0.1, 0.15) is 0 Å².